The van der Waals surface area contributed by atoms with Gasteiger partial charge in [-0.25, -0.2) is 0 Å². The lowest BCUT2D eigenvalue weighted by Gasteiger charge is -2.21. The minimum Gasteiger partial charge on any atom is -0.371 e. The molecule has 1 heterocycles. The smallest absolute Gasteiger partial charge is 0.371 e. The van der Waals surface area contributed by atoms with Gasteiger partial charge in [0.15, 0.2) is 6.10 Å². The Morgan fingerprint density at radius 2 is 2.18 bits per heavy atom. The van der Waals surface area contributed by atoms with Gasteiger partial charge in [0.05, 0.1) is 13.2 Å². The fourth-order valence-electron chi connectivity index (χ4n) is 1.42. The average Bonchev–Trinajstić information content (AvgIpc) is 3.00. The van der Waals surface area contributed by atoms with Crippen LogP contribution in [0.4, 0.5) is 13.2 Å². The van der Waals surface area contributed by atoms with Gasteiger partial charge in [-0.05, 0) is 17.7 Å². The molecule has 2 rings (SSSR count). The van der Waals surface area contributed by atoms with E-state index in [1.165, 1.54) is 12.1 Å². The third kappa shape index (κ3) is 3.69. The quantitative estimate of drug-likeness (QED) is 0.794. The number of alkyl halides is 3. The summed E-state index contributed by atoms with van der Waals surface area (Å²) in [4.78, 5) is 0. The van der Waals surface area contributed by atoms with E-state index < -0.39 is 12.3 Å². The molecule has 6 heteroatoms. The van der Waals surface area contributed by atoms with Crippen LogP contribution in [0.25, 0.3) is 0 Å². The maximum Gasteiger partial charge on any atom is 0.418 e. The van der Waals surface area contributed by atoms with Crippen molar-refractivity contribution in [1.82, 2.24) is 0 Å². The molecule has 94 valence electrons. The van der Waals surface area contributed by atoms with Crippen molar-refractivity contribution in [2.75, 3.05) is 13.2 Å². The monoisotopic (exact) mass is 310 g/mol. The third-order valence-corrected chi connectivity index (χ3v) is 2.79. The lowest BCUT2D eigenvalue weighted by atomic mass is 10.1. The fraction of sp³-hybridized carbons (Fsp3) is 0.455. The molecule has 0 aliphatic carbocycles. The van der Waals surface area contributed by atoms with Gasteiger partial charge in [0.1, 0.15) is 6.10 Å². The van der Waals surface area contributed by atoms with Crippen molar-refractivity contribution in [3.8, 4) is 0 Å². The first-order valence-electron chi connectivity index (χ1n) is 5.02. The SMILES string of the molecule is FC(F)(F)[C@H](OC[C@H]1CO1)c1cccc(Br)c1. The van der Waals surface area contributed by atoms with Gasteiger partial charge in [0.2, 0.25) is 0 Å². The van der Waals surface area contributed by atoms with Crippen molar-refractivity contribution in [1.29, 1.82) is 0 Å². The van der Waals surface area contributed by atoms with E-state index in [0.29, 0.717) is 11.1 Å². The summed E-state index contributed by atoms with van der Waals surface area (Å²) < 4.78 is 48.8. The van der Waals surface area contributed by atoms with Crippen LogP contribution in [0.5, 0.6) is 0 Å². The first kappa shape index (κ1) is 12.9. The van der Waals surface area contributed by atoms with Crippen LogP contribution in [0.1, 0.15) is 11.7 Å². The Labute approximate surface area is 105 Å². The van der Waals surface area contributed by atoms with Gasteiger partial charge in [-0.15, -0.1) is 0 Å². The van der Waals surface area contributed by atoms with Crippen molar-refractivity contribution in [2.45, 2.75) is 18.4 Å². The Morgan fingerprint density at radius 3 is 2.71 bits per heavy atom. The van der Waals surface area contributed by atoms with Crippen LogP contribution in [0.3, 0.4) is 0 Å². The number of benzene rings is 1. The summed E-state index contributed by atoms with van der Waals surface area (Å²) in [6, 6.07) is 6.03. The molecule has 1 aliphatic rings. The van der Waals surface area contributed by atoms with E-state index in [2.05, 4.69) is 15.9 Å². The summed E-state index contributed by atoms with van der Waals surface area (Å²) in [5, 5.41) is 0. The Balaban J connectivity index is 2.13. The van der Waals surface area contributed by atoms with Crippen LogP contribution in [0, 0.1) is 0 Å². The van der Waals surface area contributed by atoms with Crippen LogP contribution in [-0.4, -0.2) is 25.5 Å². The number of hydrogen-bond acceptors (Lipinski definition) is 2. The zero-order valence-electron chi connectivity index (χ0n) is 8.71. The molecule has 2 atom stereocenters. The Bertz CT molecular complexity index is 391. The summed E-state index contributed by atoms with van der Waals surface area (Å²) in [6.45, 7) is 0.444. The molecular weight excluding hydrogens is 301 g/mol. The van der Waals surface area contributed by atoms with Gasteiger partial charge in [-0.2, -0.15) is 13.2 Å². The summed E-state index contributed by atoms with van der Waals surface area (Å²) in [6.07, 6.45) is -6.51. The third-order valence-electron chi connectivity index (χ3n) is 2.30. The van der Waals surface area contributed by atoms with Gasteiger partial charge in [-0.1, -0.05) is 28.1 Å². The Morgan fingerprint density at radius 1 is 1.47 bits per heavy atom. The van der Waals surface area contributed by atoms with E-state index in [4.69, 9.17) is 9.47 Å². The molecular formula is C11H10BrF3O2. The van der Waals surface area contributed by atoms with Crippen LogP contribution >= 0.6 is 15.9 Å². The summed E-state index contributed by atoms with van der Waals surface area (Å²) in [5.41, 5.74) is 0.0903. The lowest BCUT2D eigenvalue weighted by molar-refractivity contribution is -0.224. The van der Waals surface area contributed by atoms with E-state index >= 15 is 0 Å². The van der Waals surface area contributed by atoms with E-state index in [9.17, 15) is 13.2 Å². The van der Waals surface area contributed by atoms with E-state index in [0.717, 1.165) is 0 Å². The molecule has 0 aromatic heterocycles. The number of halogens is 4. The van der Waals surface area contributed by atoms with Crippen LogP contribution < -0.4 is 0 Å². The first-order valence-corrected chi connectivity index (χ1v) is 5.81. The van der Waals surface area contributed by atoms with E-state index in [1.807, 2.05) is 0 Å². The van der Waals surface area contributed by atoms with Crippen molar-refractivity contribution in [3.63, 3.8) is 0 Å². The number of rotatable bonds is 4. The second kappa shape index (κ2) is 4.96. The molecule has 2 nitrogen and oxygen atoms in total. The largest absolute Gasteiger partial charge is 0.418 e. The maximum absolute atomic E-state index is 12.8. The van der Waals surface area contributed by atoms with Crippen molar-refractivity contribution >= 4 is 15.9 Å². The molecule has 1 aliphatic heterocycles. The molecule has 0 amide bonds. The highest BCUT2D eigenvalue weighted by Crippen LogP contribution is 2.37. The van der Waals surface area contributed by atoms with Crippen molar-refractivity contribution in [2.24, 2.45) is 0 Å². The zero-order chi connectivity index (χ0) is 12.5. The fourth-order valence-corrected chi connectivity index (χ4v) is 1.83. The molecule has 1 saturated heterocycles. The first-order chi connectivity index (χ1) is 7.97. The molecule has 0 radical (unpaired) electrons. The summed E-state index contributed by atoms with van der Waals surface area (Å²) in [5.74, 6) is 0. The predicted molar refractivity (Wildman–Crippen MR) is 58.6 cm³/mol. The predicted octanol–water partition coefficient (Wildman–Crippen LogP) is 3.47. The topological polar surface area (TPSA) is 21.8 Å². The molecule has 0 bridgehead atoms. The van der Waals surface area contributed by atoms with Crippen LogP contribution in [0.15, 0.2) is 28.7 Å². The Kier molecular flexibility index (Phi) is 3.75. The van der Waals surface area contributed by atoms with Gasteiger partial charge < -0.3 is 9.47 Å². The highest BCUT2D eigenvalue weighted by molar-refractivity contribution is 9.10. The minimum atomic E-state index is -4.42. The van der Waals surface area contributed by atoms with E-state index in [-0.39, 0.29) is 18.3 Å². The molecule has 1 aromatic rings. The molecule has 0 unspecified atom stereocenters. The average molecular weight is 311 g/mol. The van der Waals surface area contributed by atoms with Crippen LogP contribution in [0.2, 0.25) is 0 Å². The highest BCUT2D eigenvalue weighted by Gasteiger charge is 2.43. The molecule has 17 heavy (non-hydrogen) atoms. The van der Waals surface area contributed by atoms with E-state index in [1.54, 1.807) is 12.1 Å². The molecule has 1 fully saturated rings. The second-order valence-electron chi connectivity index (χ2n) is 3.77. The molecule has 0 spiro atoms. The molecule has 0 N–H and O–H groups in total. The van der Waals surface area contributed by atoms with Gasteiger partial charge >= 0.3 is 6.18 Å². The maximum atomic E-state index is 12.8. The van der Waals surface area contributed by atoms with Crippen molar-refractivity contribution in [3.05, 3.63) is 34.3 Å². The van der Waals surface area contributed by atoms with Gasteiger partial charge in [0, 0.05) is 4.47 Å². The van der Waals surface area contributed by atoms with Gasteiger partial charge in [0.25, 0.3) is 0 Å². The van der Waals surface area contributed by atoms with Crippen LogP contribution in [-0.2, 0) is 9.47 Å². The molecule has 1 aromatic carbocycles. The number of epoxide rings is 1. The zero-order valence-corrected chi connectivity index (χ0v) is 10.3. The number of hydrogen-bond donors (Lipinski definition) is 0. The minimum absolute atomic E-state index is 0.0311. The lowest BCUT2D eigenvalue weighted by Crippen LogP contribution is -2.25. The molecule has 0 saturated carbocycles. The summed E-state index contributed by atoms with van der Waals surface area (Å²) >= 11 is 3.14. The highest BCUT2D eigenvalue weighted by atomic mass is 79.9. The Hall–Kier alpha value is -0.590. The number of ether oxygens (including phenoxy) is 2. The summed E-state index contributed by atoms with van der Waals surface area (Å²) in [7, 11) is 0. The van der Waals surface area contributed by atoms with Crippen molar-refractivity contribution < 1.29 is 22.6 Å². The standard InChI is InChI=1S/C11H10BrF3O2/c12-8-3-1-2-7(4-8)10(11(13,14)15)17-6-9-5-16-9/h1-4,9-10H,5-6H2/t9-,10-/m1/s1. The normalized spacial score (nSPS) is 21.3. The second-order valence-corrected chi connectivity index (χ2v) is 4.68. The van der Waals surface area contributed by atoms with Gasteiger partial charge in [-0.3, -0.25) is 0 Å².